The Morgan fingerprint density at radius 1 is 1.18 bits per heavy atom. The smallest absolute Gasteiger partial charge is 0.244 e. The minimum absolute atomic E-state index is 0.0842. The highest BCUT2D eigenvalue weighted by Gasteiger charge is 2.15. The molecule has 5 heteroatoms. The number of nitrogens with one attached hydrogen (secondary N) is 1. The maximum absolute atomic E-state index is 12.6. The third kappa shape index (κ3) is 5.53. The quantitative estimate of drug-likeness (QED) is 0.279. The Morgan fingerprint density at radius 2 is 2.00 bits per heavy atom. The van der Waals surface area contributed by atoms with Gasteiger partial charge in [-0.2, -0.15) is 0 Å². The van der Waals surface area contributed by atoms with Crippen LogP contribution in [0.3, 0.4) is 0 Å². The Hall–Kier alpha value is -3.47. The standard InChI is InChI=1S/C29H33NO4/c1-4-33-27-18-28-25(26(19-34-28)22-10-12-23(32-3)13-11-22)17-24(27)20(2)16-29(31)30-15-14-21-8-6-5-7-9-21/h8,10-13,16-19H,4-7,9,14-15H2,1-3H3,(H,30,31)/b20-16+. The highest BCUT2D eigenvalue weighted by molar-refractivity contribution is 6.00. The summed E-state index contributed by atoms with van der Waals surface area (Å²) in [6.45, 7) is 5.08. The maximum atomic E-state index is 12.6. The summed E-state index contributed by atoms with van der Waals surface area (Å²) < 4.78 is 17.0. The van der Waals surface area contributed by atoms with Crippen molar-refractivity contribution in [3.8, 4) is 22.6 Å². The van der Waals surface area contributed by atoms with Crippen LogP contribution in [0.5, 0.6) is 11.5 Å². The monoisotopic (exact) mass is 459 g/mol. The van der Waals surface area contributed by atoms with E-state index in [-0.39, 0.29) is 5.91 Å². The van der Waals surface area contributed by atoms with Gasteiger partial charge in [0.1, 0.15) is 17.1 Å². The number of carbonyl (C=O) groups is 1. The van der Waals surface area contributed by atoms with E-state index in [1.54, 1.807) is 19.4 Å². The summed E-state index contributed by atoms with van der Waals surface area (Å²) in [6.07, 6.45) is 11.5. The number of carbonyl (C=O) groups excluding carboxylic acids is 1. The molecule has 0 spiro atoms. The van der Waals surface area contributed by atoms with E-state index in [2.05, 4.69) is 17.5 Å². The van der Waals surface area contributed by atoms with Gasteiger partial charge in [-0.25, -0.2) is 0 Å². The van der Waals surface area contributed by atoms with E-state index >= 15 is 0 Å². The molecule has 1 aliphatic rings. The molecule has 1 amide bonds. The summed E-state index contributed by atoms with van der Waals surface area (Å²) in [6, 6.07) is 11.8. The molecule has 0 saturated heterocycles. The fourth-order valence-corrected chi connectivity index (χ4v) is 4.44. The van der Waals surface area contributed by atoms with E-state index in [0.717, 1.165) is 58.2 Å². The minimum Gasteiger partial charge on any atom is -0.497 e. The molecule has 0 radical (unpaired) electrons. The zero-order chi connectivity index (χ0) is 23.9. The summed E-state index contributed by atoms with van der Waals surface area (Å²) in [5.74, 6) is 1.43. The van der Waals surface area contributed by atoms with Crippen LogP contribution in [0.2, 0.25) is 0 Å². The van der Waals surface area contributed by atoms with Gasteiger partial charge in [0.25, 0.3) is 0 Å². The van der Waals surface area contributed by atoms with Crippen LogP contribution in [0, 0.1) is 0 Å². The van der Waals surface area contributed by atoms with Gasteiger partial charge < -0.3 is 19.2 Å². The fourth-order valence-electron chi connectivity index (χ4n) is 4.44. The molecule has 34 heavy (non-hydrogen) atoms. The van der Waals surface area contributed by atoms with Crippen LogP contribution >= 0.6 is 0 Å². The summed E-state index contributed by atoms with van der Waals surface area (Å²) in [5.41, 5.74) is 5.96. The van der Waals surface area contributed by atoms with Crippen molar-refractivity contribution in [2.24, 2.45) is 0 Å². The molecule has 0 saturated carbocycles. The summed E-state index contributed by atoms with van der Waals surface area (Å²) >= 11 is 0. The Morgan fingerprint density at radius 3 is 2.71 bits per heavy atom. The number of hydrogen-bond donors (Lipinski definition) is 1. The van der Waals surface area contributed by atoms with Gasteiger partial charge in [-0.15, -0.1) is 0 Å². The number of methoxy groups -OCH3 is 1. The zero-order valence-electron chi connectivity index (χ0n) is 20.3. The Labute approximate surface area is 201 Å². The predicted octanol–water partition coefficient (Wildman–Crippen LogP) is 6.92. The number of benzene rings is 2. The number of hydrogen-bond acceptors (Lipinski definition) is 4. The van der Waals surface area contributed by atoms with Gasteiger partial charge in [0.2, 0.25) is 5.91 Å². The lowest BCUT2D eigenvalue weighted by molar-refractivity contribution is -0.116. The molecule has 1 heterocycles. The van der Waals surface area contributed by atoms with Crippen LogP contribution in [0.1, 0.15) is 51.5 Å². The van der Waals surface area contributed by atoms with Gasteiger partial charge >= 0.3 is 0 Å². The van der Waals surface area contributed by atoms with Crippen molar-refractivity contribution in [1.29, 1.82) is 0 Å². The number of allylic oxidation sites excluding steroid dienone is 2. The Bertz CT molecular complexity index is 1200. The molecule has 178 valence electrons. The third-order valence-electron chi connectivity index (χ3n) is 6.28. The van der Waals surface area contributed by atoms with Crippen LogP contribution in [0.4, 0.5) is 0 Å². The van der Waals surface area contributed by atoms with Crippen molar-refractivity contribution < 1.29 is 18.7 Å². The SMILES string of the molecule is CCOc1cc2occ(-c3ccc(OC)cc3)c2cc1/C(C)=C/C(=O)NCCC1=CCCCC1. The molecule has 0 unspecified atom stereocenters. The lowest BCUT2D eigenvalue weighted by atomic mass is 9.97. The zero-order valence-corrected chi connectivity index (χ0v) is 20.3. The first-order valence-electron chi connectivity index (χ1n) is 12.1. The molecule has 0 bridgehead atoms. The summed E-state index contributed by atoms with van der Waals surface area (Å²) in [4.78, 5) is 12.6. The molecular weight excluding hydrogens is 426 g/mol. The highest BCUT2D eigenvalue weighted by atomic mass is 16.5. The first-order chi connectivity index (χ1) is 16.6. The first kappa shape index (κ1) is 23.7. The average molecular weight is 460 g/mol. The third-order valence-corrected chi connectivity index (χ3v) is 6.28. The fraction of sp³-hybridized carbons (Fsp3) is 0.345. The summed E-state index contributed by atoms with van der Waals surface area (Å²) in [5, 5.41) is 4.01. The molecular formula is C29H33NO4. The first-order valence-corrected chi connectivity index (χ1v) is 12.1. The van der Waals surface area contributed by atoms with E-state index < -0.39 is 0 Å². The number of rotatable bonds is 9. The molecule has 5 nitrogen and oxygen atoms in total. The average Bonchev–Trinajstić information content (AvgIpc) is 3.27. The molecule has 3 aromatic rings. The van der Waals surface area contributed by atoms with Crippen molar-refractivity contribution in [3.63, 3.8) is 0 Å². The van der Waals surface area contributed by atoms with E-state index in [4.69, 9.17) is 13.9 Å². The Balaban J connectivity index is 1.57. The molecule has 4 rings (SSSR count). The van der Waals surface area contributed by atoms with E-state index in [1.807, 2.05) is 44.2 Å². The summed E-state index contributed by atoms with van der Waals surface area (Å²) in [7, 11) is 1.66. The van der Waals surface area contributed by atoms with E-state index in [9.17, 15) is 4.79 Å². The molecule has 1 aliphatic carbocycles. The largest absolute Gasteiger partial charge is 0.497 e. The van der Waals surface area contributed by atoms with Crippen molar-refractivity contribution in [3.05, 3.63) is 65.9 Å². The van der Waals surface area contributed by atoms with E-state index in [1.165, 1.54) is 18.4 Å². The number of fused-ring (bicyclic) bond motifs is 1. The second-order valence-corrected chi connectivity index (χ2v) is 8.63. The van der Waals surface area contributed by atoms with Crippen LogP contribution in [-0.2, 0) is 4.79 Å². The maximum Gasteiger partial charge on any atom is 0.244 e. The van der Waals surface area contributed by atoms with Crippen molar-refractivity contribution in [2.45, 2.75) is 46.0 Å². The molecule has 0 aliphatic heterocycles. The number of amides is 1. The molecule has 2 aromatic carbocycles. The molecule has 0 atom stereocenters. The van der Waals surface area contributed by atoms with Gasteiger partial charge in [0, 0.05) is 35.2 Å². The minimum atomic E-state index is -0.0842. The van der Waals surface area contributed by atoms with E-state index in [0.29, 0.717) is 18.9 Å². The number of ether oxygens (including phenoxy) is 2. The van der Waals surface area contributed by atoms with Crippen molar-refractivity contribution in [2.75, 3.05) is 20.3 Å². The predicted molar refractivity (Wildman–Crippen MR) is 137 cm³/mol. The second kappa shape index (κ2) is 11.1. The van der Waals surface area contributed by atoms with Gasteiger partial charge in [-0.3, -0.25) is 4.79 Å². The normalized spacial score (nSPS) is 14.1. The Kier molecular flexibility index (Phi) is 7.73. The lowest BCUT2D eigenvalue weighted by Gasteiger charge is -2.13. The van der Waals surface area contributed by atoms with Crippen LogP contribution < -0.4 is 14.8 Å². The van der Waals surface area contributed by atoms with Crippen molar-refractivity contribution >= 4 is 22.4 Å². The highest BCUT2D eigenvalue weighted by Crippen LogP contribution is 2.38. The topological polar surface area (TPSA) is 60.7 Å². The van der Waals surface area contributed by atoms with Crippen LogP contribution in [0.25, 0.3) is 27.7 Å². The lowest BCUT2D eigenvalue weighted by Crippen LogP contribution is -2.23. The van der Waals surface area contributed by atoms with Gasteiger partial charge in [0.05, 0.1) is 20.0 Å². The van der Waals surface area contributed by atoms with Gasteiger partial charge in [-0.1, -0.05) is 23.8 Å². The van der Waals surface area contributed by atoms with Gasteiger partial charge in [-0.05, 0) is 75.3 Å². The second-order valence-electron chi connectivity index (χ2n) is 8.63. The van der Waals surface area contributed by atoms with Crippen LogP contribution in [-0.4, -0.2) is 26.2 Å². The van der Waals surface area contributed by atoms with Crippen LogP contribution in [0.15, 0.2) is 64.8 Å². The van der Waals surface area contributed by atoms with Crippen molar-refractivity contribution in [1.82, 2.24) is 5.32 Å². The van der Waals surface area contributed by atoms with Gasteiger partial charge in [0.15, 0.2) is 0 Å². The molecule has 0 fully saturated rings. The molecule has 1 N–H and O–H groups in total. The number of furan rings is 1. The molecule has 1 aromatic heterocycles.